The maximum absolute atomic E-state index is 5.53. The Labute approximate surface area is 103 Å². The van der Waals surface area contributed by atoms with Gasteiger partial charge in [0.15, 0.2) is 0 Å². The second kappa shape index (κ2) is 5.31. The van der Waals surface area contributed by atoms with Crippen LogP contribution in [-0.2, 0) is 0 Å². The molecule has 0 aromatic carbocycles. The topological polar surface area (TPSA) is 58.3 Å². The van der Waals surface area contributed by atoms with Gasteiger partial charge in [0, 0.05) is 32.7 Å². The Kier molecular flexibility index (Phi) is 3.78. The number of hydrogen-bond donors (Lipinski definition) is 1. The van der Waals surface area contributed by atoms with Crippen molar-refractivity contribution in [1.82, 2.24) is 14.9 Å². The second-order valence-corrected chi connectivity index (χ2v) is 4.98. The summed E-state index contributed by atoms with van der Waals surface area (Å²) >= 11 is 0. The van der Waals surface area contributed by atoms with Crippen LogP contribution in [0.25, 0.3) is 0 Å². The van der Waals surface area contributed by atoms with Gasteiger partial charge in [-0.15, -0.1) is 0 Å². The quantitative estimate of drug-likeness (QED) is 0.841. The molecule has 1 aromatic heterocycles. The lowest BCUT2D eigenvalue weighted by molar-refractivity contribution is 0.231. The normalized spacial score (nSPS) is 17.7. The summed E-state index contributed by atoms with van der Waals surface area (Å²) in [6.45, 7) is 9.95. The van der Waals surface area contributed by atoms with E-state index in [0.717, 1.165) is 37.9 Å². The summed E-state index contributed by atoms with van der Waals surface area (Å²) in [5.41, 5.74) is 5.53. The first-order valence-electron chi connectivity index (χ1n) is 6.20. The van der Waals surface area contributed by atoms with E-state index < -0.39 is 0 Å². The molecule has 0 amide bonds. The van der Waals surface area contributed by atoms with E-state index in [0.29, 0.717) is 5.82 Å². The molecule has 94 valence electrons. The first kappa shape index (κ1) is 12.1. The standard InChI is InChI=1S/C12H21N5/c1-10(2)9-16-3-5-17(6-4-16)12-8-14-11(13)7-15-12/h7-8,10H,3-6,9H2,1-2H3,(H2,13,14). The molecule has 2 heterocycles. The lowest BCUT2D eigenvalue weighted by Crippen LogP contribution is -2.47. The summed E-state index contributed by atoms with van der Waals surface area (Å²) in [6.07, 6.45) is 3.38. The van der Waals surface area contributed by atoms with Crippen molar-refractivity contribution < 1.29 is 0 Å². The fourth-order valence-corrected chi connectivity index (χ4v) is 2.17. The van der Waals surface area contributed by atoms with Crippen LogP contribution in [0, 0.1) is 5.92 Å². The number of nitrogen functional groups attached to an aromatic ring is 1. The first-order chi connectivity index (χ1) is 8.15. The summed E-state index contributed by atoms with van der Waals surface area (Å²) in [6, 6.07) is 0. The molecule has 2 N–H and O–H groups in total. The molecule has 0 aliphatic carbocycles. The molecule has 0 atom stereocenters. The monoisotopic (exact) mass is 235 g/mol. The zero-order valence-electron chi connectivity index (χ0n) is 10.6. The van der Waals surface area contributed by atoms with Gasteiger partial charge >= 0.3 is 0 Å². The van der Waals surface area contributed by atoms with Crippen molar-refractivity contribution in [3.8, 4) is 0 Å². The molecule has 5 nitrogen and oxygen atoms in total. The van der Waals surface area contributed by atoms with E-state index in [9.17, 15) is 0 Å². The second-order valence-electron chi connectivity index (χ2n) is 4.98. The largest absolute Gasteiger partial charge is 0.382 e. The highest BCUT2D eigenvalue weighted by atomic mass is 15.3. The number of nitrogens with zero attached hydrogens (tertiary/aromatic N) is 4. The Hall–Kier alpha value is -1.36. The minimum atomic E-state index is 0.479. The molecular formula is C12H21N5. The van der Waals surface area contributed by atoms with Crippen molar-refractivity contribution in [3.63, 3.8) is 0 Å². The number of aromatic nitrogens is 2. The number of hydrogen-bond acceptors (Lipinski definition) is 5. The van der Waals surface area contributed by atoms with Crippen LogP contribution in [-0.4, -0.2) is 47.6 Å². The molecular weight excluding hydrogens is 214 g/mol. The van der Waals surface area contributed by atoms with Crippen LogP contribution in [0.4, 0.5) is 11.6 Å². The summed E-state index contributed by atoms with van der Waals surface area (Å²) in [5, 5.41) is 0. The van der Waals surface area contributed by atoms with Crippen LogP contribution in [0.2, 0.25) is 0 Å². The molecule has 0 radical (unpaired) electrons. The Morgan fingerprint density at radius 1 is 1.18 bits per heavy atom. The number of nitrogens with two attached hydrogens (primary N) is 1. The number of anilines is 2. The van der Waals surface area contributed by atoms with Crippen LogP contribution in [0.5, 0.6) is 0 Å². The van der Waals surface area contributed by atoms with E-state index in [-0.39, 0.29) is 0 Å². The van der Waals surface area contributed by atoms with Gasteiger partial charge in [0.05, 0.1) is 12.4 Å². The van der Waals surface area contributed by atoms with Crippen LogP contribution in [0.1, 0.15) is 13.8 Å². The minimum Gasteiger partial charge on any atom is -0.382 e. The average molecular weight is 235 g/mol. The molecule has 0 spiro atoms. The molecule has 0 saturated carbocycles. The Morgan fingerprint density at radius 3 is 2.41 bits per heavy atom. The van der Waals surface area contributed by atoms with Gasteiger partial charge in [0.1, 0.15) is 11.6 Å². The highest BCUT2D eigenvalue weighted by Gasteiger charge is 2.18. The SMILES string of the molecule is CC(C)CN1CCN(c2cnc(N)cn2)CC1. The summed E-state index contributed by atoms with van der Waals surface area (Å²) in [5.74, 6) is 2.15. The molecule has 5 heteroatoms. The number of piperazine rings is 1. The lowest BCUT2D eigenvalue weighted by atomic mass is 10.2. The van der Waals surface area contributed by atoms with Crippen molar-refractivity contribution in [2.24, 2.45) is 5.92 Å². The molecule has 1 aliphatic heterocycles. The third-order valence-electron chi connectivity index (χ3n) is 2.98. The van der Waals surface area contributed by atoms with Gasteiger partial charge in [-0.25, -0.2) is 9.97 Å². The van der Waals surface area contributed by atoms with Gasteiger partial charge in [-0.3, -0.25) is 4.90 Å². The van der Waals surface area contributed by atoms with Crippen LogP contribution < -0.4 is 10.6 Å². The Balaban J connectivity index is 1.88. The van der Waals surface area contributed by atoms with E-state index in [1.165, 1.54) is 6.54 Å². The summed E-state index contributed by atoms with van der Waals surface area (Å²) in [7, 11) is 0. The van der Waals surface area contributed by atoms with Crippen molar-refractivity contribution in [1.29, 1.82) is 0 Å². The Morgan fingerprint density at radius 2 is 1.88 bits per heavy atom. The smallest absolute Gasteiger partial charge is 0.147 e. The zero-order valence-corrected chi connectivity index (χ0v) is 10.6. The fourth-order valence-electron chi connectivity index (χ4n) is 2.17. The highest BCUT2D eigenvalue weighted by Crippen LogP contribution is 2.13. The predicted molar refractivity (Wildman–Crippen MR) is 69.9 cm³/mol. The molecule has 0 unspecified atom stereocenters. The number of rotatable bonds is 3. The van der Waals surface area contributed by atoms with E-state index >= 15 is 0 Å². The van der Waals surface area contributed by atoms with E-state index in [2.05, 4.69) is 33.6 Å². The zero-order chi connectivity index (χ0) is 12.3. The average Bonchev–Trinajstić information content (AvgIpc) is 2.30. The molecule has 1 aliphatic rings. The van der Waals surface area contributed by atoms with E-state index in [4.69, 9.17) is 5.73 Å². The summed E-state index contributed by atoms with van der Waals surface area (Å²) < 4.78 is 0. The van der Waals surface area contributed by atoms with E-state index in [1.54, 1.807) is 12.4 Å². The van der Waals surface area contributed by atoms with E-state index in [1.807, 2.05) is 0 Å². The third-order valence-corrected chi connectivity index (χ3v) is 2.98. The van der Waals surface area contributed by atoms with Gasteiger partial charge in [-0.1, -0.05) is 13.8 Å². The van der Waals surface area contributed by atoms with Crippen LogP contribution in [0.15, 0.2) is 12.4 Å². The molecule has 17 heavy (non-hydrogen) atoms. The minimum absolute atomic E-state index is 0.479. The van der Waals surface area contributed by atoms with Gasteiger partial charge < -0.3 is 10.6 Å². The third kappa shape index (κ3) is 3.30. The van der Waals surface area contributed by atoms with Crippen molar-refractivity contribution in [2.75, 3.05) is 43.4 Å². The van der Waals surface area contributed by atoms with Gasteiger partial charge in [0.25, 0.3) is 0 Å². The maximum Gasteiger partial charge on any atom is 0.147 e. The lowest BCUT2D eigenvalue weighted by Gasteiger charge is -2.35. The Bertz CT molecular complexity index is 340. The molecule has 1 aromatic rings. The molecule has 2 rings (SSSR count). The van der Waals surface area contributed by atoms with Crippen LogP contribution >= 0.6 is 0 Å². The van der Waals surface area contributed by atoms with Crippen LogP contribution in [0.3, 0.4) is 0 Å². The molecule has 0 bridgehead atoms. The summed E-state index contributed by atoms with van der Waals surface area (Å²) in [4.78, 5) is 13.2. The van der Waals surface area contributed by atoms with Gasteiger partial charge in [-0.2, -0.15) is 0 Å². The first-order valence-corrected chi connectivity index (χ1v) is 6.20. The van der Waals surface area contributed by atoms with Gasteiger partial charge in [0.2, 0.25) is 0 Å². The molecule has 1 fully saturated rings. The van der Waals surface area contributed by atoms with Crippen molar-refractivity contribution in [2.45, 2.75) is 13.8 Å². The van der Waals surface area contributed by atoms with Crippen molar-refractivity contribution >= 4 is 11.6 Å². The fraction of sp³-hybridized carbons (Fsp3) is 0.667. The van der Waals surface area contributed by atoms with Crippen molar-refractivity contribution in [3.05, 3.63) is 12.4 Å². The highest BCUT2D eigenvalue weighted by molar-refractivity contribution is 5.39. The predicted octanol–water partition coefficient (Wildman–Crippen LogP) is 0.837. The maximum atomic E-state index is 5.53. The van der Waals surface area contributed by atoms with Gasteiger partial charge in [-0.05, 0) is 5.92 Å². The molecule has 1 saturated heterocycles.